The summed E-state index contributed by atoms with van der Waals surface area (Å²) in [5, 5.41) is 11.6. The van der Waals surface area contributed by atoms with E-state index in [0.29, 0.717) is 23.8 Å². The molecule has 0 amide bonds. The van der Waals surface area contributed by atoms with Crippen molar-refractivity contribution in [3.8, 4) is 5.75 Å². The van der Waals surface area contributed by atoms with Crippen LogP contribution in [0.4, 0.5) is 0 Å². The Balaban J connectivity index is 2.06. The number of aromatic nitrogens is 1. The van der Waals surface area contributed by atoms with Crippen molar-refractivity contribution >= 4 is 11.6 Å². The molecule has 0 aliphatic rings. The molecule has 0 aliphatic heterocycles. The van der Waals surface area contributed by atoms with Gasteiger partial charge < -0.3 is 9.84 Å². The summed E-state index contributed by atoms with van der Waals surface area (Å²) >= 11 is 6.17. The molecular weight excluding hydrogens is 334 g/mol. The normalized spacial score (nSPS) is 13.4. The van der Waals surface area contributed by atoms with Crippen LogP contribution in [0.25, 0.3) is 0 Å². The number of unbranched alkanes of at least 4 members (excludes halogenated alkanes) is 4. The number of rotatable bonds is 10. The van der Waals surface area contributed by atoms with Crippen LogP contribution in [-0.4, -0.2) is 16.7 Å². The van der Waals surface area contributed by atoms with Gasteiger partial charge in [-0.05, 0) is 43.2 Å². The summed E-state index contributed by atoms with van der Waals surface area (Å²) in [5.41, 5.74) is 0.612. The molecule has 1 N–H and O–H groups in total. The van der Waals surface area contributed by atoms with Gasteiger partial charge in [0.15, 0.2) is 0 Å². The molecule has 1 atom stereocenters. The van der Waals surface area contributed by atoms with Crippen molar-refractivity contribution in [1.29, 1.82) is 0 Å². The van der Waals surface area contributed by atoms with E-state index in [0.717, 1.165) is 17.5 Å². The third-order valence-electron chi connectivity index (χ3n) is 4.30. The third-order valence-corrected chi connectivity index (χ3v) is 4.53. The Morgan fingerprint density at radius 2 is 1.96 bits per heavy atom. The lowest BCUT2D eigenvalue weighted by molar-refractivity contribution is 0.0540. The number of aliphatic hydroxyl groups is 1. The molecule has 1 heterocycles. The fourth-order valence-corrected chi connectivity index (χ4v) is 3.10. The van der Waals surface area contributed by atoms with E-state index < -0.39 is 5.60 Å². The Morgan fingerprint density at radius 3 is 2.68 bits per heavy atom. The molecule has 136 valence electrons. The Labute approximate surface area is 156 Å². The van der Waals surface area contributed by atoms with Gasteiger partial charge in [0.25, 0.3) is 0 Å². The van der Waals surface area contributed by atoms with Gasteiger partial charge in [-0.3, -0.25) is 4.98 Å². The minimum absolute atomic E-state index is 0.452. The summed E-state index contributed by atoms with van der Waals surface area (Å²) < 4.78 is 5.96. The molecule has 0 fully saturated rings. The maximum atomic E-state index is 11.1. The summed E-state index contributed by atoms with van der Waals surface area (Å²) in [4.78, 5) is 4.12. The van der Waals surface area contributed by atoms with E-state index in [1.54, 1.807) is 31.5 Å². The highest BCUT2D eigenvalue weighted by Crippen LogP contribution is 2.35. The van der Waals surface area contributed by atoms with Crippen molar-refractivity contribution < 1.29 is 9.84 Å². The van der Waals surface area contributed by atoms with E-state index in [1.165, 1.54) is 25.7 Å². The molecule has 25 heavy (non-hydrogen) atoms. The van der Waals surface area contributed by atoms with E-state index in [-0.39, 0.29) is 0 Å². The van der Waals surface area contributed by atoms with Crippen LogP contribution in [0.2, 0.25) is 5.02 Å². The zero-order chi connectivity index (χ0) is 18.1. The first kappa shape index (κ1) is 19.7. The van der Waals surface area contributed by atoms with Crippen molar-refractivity contribution in [2.75, 3.05) is 6.61 Å². The number of hydrogen-bond acceptors (Lipinski definition) is 3. The molecule has 0 aliphatic carbocycles. The summed E-state index contributed by atoms with van der Waals surface area (Å²) in [6, 6.07) is 9.28. The lowest BCUT2D eigenvalue weighted by atomic mass is 9.89. The molecule has 0 spiro atoms. The second kappa shape index (κ2) is 9.79. The lowest BCUT2D eigenvalue weighted by Crippen LogP contribution is -2.25. The van der Waals surface area contributed by atoms with Gasteiger partial charge >= 0.3 is 0 Å². The van der Waals surface area contributed by atoms with Crippen LogP contribution in [0.5, 0.6) is 5.75 Å². The highest BCUT2D eigenvalue weighted by Gasteiger charge is 2.28. The molecule has 2 rings (SSSR count). The molecule has 4 heteroatoms. The molecule has 2 aromatic rings. The average molecular weight is 362 g/mol. The summed E-state index contributed by atoms with van der Waals surface area (Å²) in [6.45, 7) is 4.65. The predicted octanol–water partition coefficient (Wildman–Crippen LogP) is 5.53. The van der Waals surface area contributed by atoms with Crippen molar-refractivity contribution in [2.24, 2.45) is 0 Å². The molecule has 1 aromatic heterocycles. The minimum atomic E-state index is -1.08. The average Bonchev–Trinajstić information content (AvgIpc) is 2.59. The van der Waals surface area contributed by atoms with Crippen LogP contribution >= 0.6 is 11.6 Å². The smallest absolute Gasteiger partial charge is 0.125 e. The fourth-order valence-electron chi connectivity index (χ4n) is 2.93. The zero-order valence-electron chi connectivity index (χ0n) is 15.2. The van der Waals surface area contributed by atoms with Crippen LogP contribution in [0, 0.1) is 0 Å². The predicted molar refractivity (Wildman–Crippen MR) is 103 cm³/mol. The maximum absolute atomic E-state index is 11.1. The molecule has 1 unspecified atom stereocenters. The molecule has 0 saturated heterocycles. The van der Waals surface area contributed by atoms with E-state index >= 15 is 0 Å². The Hall–Kier alpha value is -1.58. The first-order valence-corrected chi connectivity index (χ1v) is 9.45. The number of nitrogens with zero attached hydrogens (tertiary/aromatic N) is 1. The Kier molecular flexibility index (Phi) is 7.73. The molecule has 0 saturated carbocycles. The number of halogens is 1. The standard InChI is InChI=1S/C21H28ClNO2/c1-3-4-5-6-7-13-25-20-11-10-18(22)14-19(20)21(2,24)15-17-9-8-12-23-16-17/h8-12,14,16,24H,3-7,13,15H2,1-2H3. The second-order valence-electron chi connectivity index (χ2n) is 6.72. The SMILES string of the molecule is CCCCCCCOc1ccc(Cl)cc1C(C)(O)Cc1cccnc1. The summed E-state index contributed by atoms with van der Waals surface area (Å²) in [5.74, 6) is 0.703. The number of benzene rings is 1. The highest BCUT2D eigenvalue weighted by atomic mass is 35.5. The maximum Gasteiger partial charge on any atom is 0.125 e. The van der Waals surface area contributed by atoms with Gasteiger partial charge in [-0.15, -0.1) is 0 Å². The summed E-state index contributed by atoms with van der Waals surface area (Å²) in [7, 11) is 0. The van der Waals surface area contributed by atoms with Crippen LogP contribution in [-0.2, 0) is 12.0 Å². The first-order valence-electron chi connectivity index (χ1n) is 9.07. The van der Waals surface area contributed by atoms with Crippen molar-refractivity contribution in [3.05, 3.63) is 58.9 Å². The van der Waals surface area contributed by atoms with E-state index in [2.05, 4.69) is 11.9 Å². The third kappa shape index (κ3) is 6.33. The molecule has 0 radical (unpaired) electrons. The monoisotopic (exact) mass is 361 g/mol. The zero-order valence-corrected chi connectivity index (χ0v) is 15.9. The van der Waals surface area contributed by atoms with Gasteiger partial charge in [0.05, 0.1) is 12.2 Å². The van der Waals surface area contributed by atoms with E-state index in [1.807, 2.05) is 18.2 Å². The van der Waals surface area contributed by atoms with Crippen LogP contribution in [0.1, 0.15) is 57.1 Å². The molecule has 0 bridgehead atoms. The quantitative estimate of drug-likeness (QED) is 0.565. The number of ether oxygens (including phenoxy) is 1. The van der Waals surface area contributed by atoms with Crippen LogP contribution in [0.3, 0.4) is 0 Å². The molecule has 3 nitrogen and oxygen atoms in total. The minimum Gasteiger partial charge on any atom is -0.493 e. The van der Waals surface area contributed by atoms with Gasteiger partial charge in [0.2, 0.25) is 0 Å². The molecule has 1 aromatic carbocycles. The van der Waals surface area contributed by atoms with Gasteiger partial charge in [-0.25, -0.2) is 0 Å². The second-order valence-corrected chi connectivity index (χ2v) is 7.15. The van der Waals surface area contributed by atoms with Crippen LogP contribution < -0.4 is 4.74 Å². The van der Waals surface area contributed by atoms with E-state index in [9.17, 15) is 5.11 Å². The highest BCUT2D eigenvalue weighted by molar-refractivity contribution is 6.30. The molecular formula is C21H28ClNO2. The van der Waals surface area contributed by atoms with Gasteiger partial charge in [-0.2, -0.15) is 0 Å². The van der Waals surface area contributed by atoms with Gasteiger partial charge in [0, 0.05) is 29.4 Å². The number of pyridine rings is 1. The van der Waals surface area contributed by atoms with Crippen molar-refractivity contribution in [3.63, 3.8) is 0 Å². The Bertz CT molecular complexity index is 644. The number of hydrogen-bond donors (Lipinski definition) is 1. The Morgan fingerprint density at radius 1 is 1.16 bits per heavy atom. The van der Waals surface area contributed by atoms with Crippen LogP contribution in [0.15, 0.2) is 42.7 Å². The van der Waals surface area contributed by atoms with Crippen molar-refractivity contribution in [2.45, 2.75) is 58.0 Å². The lowest BCUT2D eigenvalue weighted by Gasteiger charge is -2.26. The summed E-state index contributed by atoms with van der Waals surface area (Å²) in [6.07, 6.45) is 9.89. The van der Waals surface area contributed by atoms with Crippen molar-refractivity contribution in [1.82, 2.24) is 4.98 Å². The van der Waals surface area contributed by atoms with Gasteiger partial charge in [-0.1, -0.05) is 50.3 Å². The fraction of sp³-hybridized carbons (Fsp3) is 0.476. The largest absolute Gasteiger partial charge is 0.493 e. The topological polar surface area (TPSA) is 42.4 Å². The first-order chi connectivity index (χ1) is 12.0. The van der Waals surface area contributed by atoms with Gasteiger partial charge in [0.1, 0.15) is 5.75 Å². The van der Waals surface area contributed by atoms with E-state index in [4.69, 9.17) is 16.3 Å².